The fourth-order valence-electron chi connectivity index (χ4n) is 1.69. The van der Waals surface area contributed by atoms with Crippen molar-refractivity contribution in [3.05, 3.63) is 44.8 Å². The predicted molar refractivity (Wildman–Crippen MR) is 84.2 cm³/mol. The Kier molecular flexibility index (Phi) is 6.46. The molecule has 0 radical (unpaired) electrons. The van der Waals surface area contributed by atoms with Gasteiger partial charge >= 0.3 is 0 Å². The smallest absolute Gasteiger partial charge is 0.140 e. The van der Waals surface area contributed by atoms with Gasteiger partial charge in [0.2, 0.25) is 0 Å². The number of ether oxygens (including phenoxy) is 2. The van der Waals surface area contributed by atoms with E-state index in [9.17, 15) is 0 Å². The summed E-state index contributed by atoms with van der Waals surface area (Å²) in [6, 6.07) is 6.03. The maximum Gasteiger partial charge on any atom is 0.140 e. The van der Waals surface area contributed by atoms with Crippen molar-refractivity contribution in [2.75, 3.05) is 20.3 Å². The molecule has 2 rings (SSSR count). The van der Waals surface area contributed by atoms with E-state index in [4.69, 9.17) is 9.47 Å². The van der Waals surface area contributed by atoms with Gasteiger partial charge in [-0.05, 0) is 18.2 Å². The van der Waals surface area contributed by atoms with Crippen LogP contribution in [0.2, 0.25) is 0 Å². The Morgan fingerprint density at radius 1 is 1.40 bits per heavy atom. The lowest BCUT2D eigenvalue weighted by molar-refractivity contribution is 0.199. The van der Waals surface area contributed by atoms with Gasteiger partial charge < -0.3 is 14.8 Å². The molecule has 1 aromatic heterocycles. The molecule has 108 valence electrons. The molecule has 0 saturated heterocycles. The molecule has 1 heterocycles. The summed E-state index contributed by atoms with van der Waals surface area (Å²) in [5.41, 5.74) is 1.12. The van der Waals surface area contributed by atoms with Gasteiger partial charge in [-0.25, -0.2) is 4.98 Å². The molecule has 0 atom stereocenters. The highest BCUT2D eigenvalue weighted by atomic mass is 79.9. The van der Waals surface area contributed by atoms with E-state index in [-0.39, 0.29) is 0 Å². The van der Waals surface area contributed by atoms with Crippen LogP contribution in [0.15, 0.2) is 34.2 Å². The SMILES string of the molecule is COCCNCc1cc(Br)ccc1OCc1nccs1. The Bertz CT molecular complexity index is 520. The molecule has 0 spiro atoms. The average Bonchev–Trinajstić information content (AvgIpc) is 2.96. The van der Waals surface area contributed by atoms with Crippen molar-refractivity contribution in [1.29, 1.82) is 0 Å². The van der Waals surface area contributed by atoms with Gasteiger partial charge in [-0.3, -0.25) is 0 Å². The second-order valence-corrected chi connectivity index (χ2v) is 6.03. The summed E-state index contributed by atoms with van der Waals surface area (Å²) in [5.74, 6) is 0.883. The van der Waals surface area contributed by atoms with E-state index in [0.29, 0.717) is 13.2 Å². The van der Waals surface area contributed by atoms with E-state index in [1.165, 1.54) is 0 Å². The van der Waals surface area contributed by atoms with Crippen LogP contribution in [0.1, 0.15) is 10.6 Å². The molecule has 20 heavy (non-hydrogen) atoms. The molecular formula is C14H17BrN2O2S. The second-order valence-electron chi connectivity index (χ2n) is 4.14. The minimum absolute atomic E-state index is 0.504. The van der Waals surface area contributed by atoms with Crippen molar-refractivity contribution < 1.29 is 9.47 Å². The zero-order chi connectivity index (χ0) is 14.2. The van der Waals surface area contributed by atoms with Gasteiger partial charge in [0.25, 0.3) is 0 Å². The van der Waals surface area contributed by atoms with E-state index in [1.807, 2.05) is 17.5 Å². The highest BCUT2D eigenvalue weighted by Gasteiger charge is 2.06. The number of aromatic nitrogens is 1. The van der Waals surface area contributed by atoms with E-state index in [0.717, 1.165) is 33.9 Å². The number of rotatable bonds is 8. The van der Waals surface area contributed by atoms with Crippen LogP contribution < -0.4 is 10.1 Å². The molecule has 0 aliphatic heterocycles. The standard InChI is InChI=1S/C14H17BrN2O2S/c1-18-6-4-16-9-11-8-12(15)2-3-13(11)19-10-14-17-5-7-20-14/h2-3,5,7-8,16H,4,6,9-10H2,1H3. The first-order valence-electron chi connectivity index (χ1n) is 6.29. The summed E-state index contributed by atoms with van der Waals surface area (Å²) < 4.78 is 11.9. The number of nitrogens with one attached hydrogen (secondary N) is 1. The fourth-order valence-corrected chi connectivity index (χ4v) is 2.62. The highest BCUT2D eigenvalue weighted by Crippen LogP contribution is 2.24. The van der Waals surface area contributed by atoms with Crippen molar-refractivity contribution >= 4 is 27.3 Å². The van der Waals surface area contributed by atoms with Gasteiger partial charge in [0.15, 0.2) is 0 Å². The number of halogens is 1. The maximum absolute atomic E-state index is 5.85. The topological polar surface area (TPSA) is 43.4 Å². The number of nitrogens with zero attached hydrogens (tertiary/aromatic N) is 1. The minimum Gasteiger partial charge on any atom is -0.486 e. The summed E-state index contributed by atoms with van der Waals surface area (Å²) in [4.78, 5) is 4.22. The van der Waals surface area contributed by atoms with Crippen molar-refractivity contribution in [3.8, 4) is 5.75 Å². The number of methoxy groups -OCH3 is 1. The number of thiazole rings is 1. The predicted octanol–water partition coefficient (Wildman–Crippen LogP) is 3.22. The molecule has 0 saturated carbocycles. The van der Waals surface area contributed by atoms with Crippen molar-refractivity contribution in [2.24, 2.45) is 0 Å². The average molecular weight is 357 g/mol. The summed E-state index contributed by atoms with van der Waals surface area (Å²) in [6.45, 7) is 2.76. The van der Waals surface area contributed by atoms with E-state index in [2.05, 4.69) is 32.3 Å². The molecule has 1 N–H and O–H groups in total. The summed E-state index contributed by atoms with van der Waals surface area (Å²) in [5, 5.41) is 6.25. The lowest BCUT2D eigenvalue weighted by atomic mass is 10.2. The first-order valence-corrected chi connectivity index (χ1v) is 7.96. The maximum atomic E-state index is 5.85. The summed E-state index contributed by atoms with van der Waals surface area (Å²) in [6.07, 6.45) is 1.79. The fraction of sp³-hybridized carbons (Fsp3) is 0.357. The lowest BCUT2D eigenvalue weighted by Gasteiger charge is -2.12. The first-order chi connectivity index (χ1) is 9.79. The Hall–Kier alpha value is -0.950. The molecular weight excluding hydrogens is 340 g/mol. The normalized spacial score (nSPS) is 10.7. The summed E-state index contributed by atoms with van der Waals surface area (Å²) in [7, 11) is 1.70. The van der Waals surface area contributed by atoms with Crippen LogP contribution in [-0.2, 0) is 17.9 Å². The number of benzene rings is 1. The van der Waals surface area contributed by atoms with Crippen LogP contribution in [0.25, 0.3) is 0 Å². The Morgan fingerprint density at radius 3 is 3.05 bits per heavy atom. The quantitative estimate of drug-likeness (QED) is 0.737. The number of hydrogen-bond donors (Lipinski definition) is 1. The van der Waals surface area contributed by atoms with Crippen LogP contribution in [-0.4, -0.2) is 25.2 Å². The van der Waals surface area contributed by atoms with Crippen LogP contribution >= 0.6 is 27.3 Å². The lowest BCUT2D eigenvalue weighted by Crippen LogP contribution is -2.19. The first kappa shape index (κ1) is 15.4. The minimum atomic E-state index is 0.504. The molecule has 0 unspecified atom stereocenters. The van der Waals surface area contributed by atoms with Crippen molar-refractivity contribution in [1.82, 2.24) is 10.3 Å². The van der Waals surface area contributed by atoms with Crippen LogP contribution in [0.5, 0.6) is 5.75 Å². The largest absolute Gasteiger partial charge is 0.486 e. The van der Waals surface area contributed by atoms with Gasteiger partial charge in [0, 0.05) is 41.8 Å². The van der Waals surface area contributed by atoms with E-state index < -0.39 is 0 Å². The molecule has 0 aliphatic rings. The highest BCUT2D eigenvalue weighted by molar-refractivity contribution is 9.10. The molecule has 0 aliphatic carbocycles. The van der Waals surface area contributed by atoms with Crippen LogP contribution in [0.3, 0.4) is 0 Å². The third kappa shape index (κ3) is 4.86. The van der Waals surface area contributed by atoms with Crippen LogP contribution in [0.4, 0.5) is 0 Å². The van der Waals surface area contributed by atoms with Gasteiger partial charge in [0.1, 0.15) is 17.4 Å². The Labute approximate surface area is 131 Å². The third-order valence-corrected chi connectivity index (χ3v) is 3.90. The monoisotopic (exact) mass is 356 g/mol. The molecule has 1 aromatic carbocycles. The third-order valence-electron chi connectivity index (χ3n) is 2.66. The zero-order valence-electron chi connectivity index (χ0n) is 11.3. The number of hydrogen-bond acceptors (Lipinski definition) is 5. The van der Waals surface area contributed by atoms with Crippen molar-refractivity contribution in [2.45, 2.75) is 13.2 Å². The van der Waals surface area contributed by atoms with Gasteiger partial charge in [-0.15, -0.1) is 11.3 Å². The second kappa shape index (κ2) is 8.36. The molecule has 6 heteroatoms. The van der Waals surface area contributed by atoms with Crippen LogP contribution in [0, 0.1) is 0 Å². The zero-order valence-corrected chi connectivity index (χ0v) is 13.7. The Balaban J connectivity index is 1.95. The molecule has 4 nitrogen and oxygen atoms in total. The summed E-state index contributed by atoms with van der Waals surface area (Å²) >= 11 is 5.09. The molecule has 0 amide bonds. The van der Waals surface area contributed by atoms with E-state index >= 15 is 0 Å². The van der Waals surface area contributed by atoms with Gasteiger partial charge in [0.05, 0.1) is 6.61 Å². The Morgan fingerprint density at radius 2 is 2.30 bits per heavy atom. The van der Waals surface area contributed by atoms with Gasteiger partial charge in [-0.1, -0.05) is 15.9 Å². The van der Waals surface area contributed by atoms with E-state index in [1.54, 1.807) is 24.6 Å². The molecule has 0 fully saturated rings. The molecule has 2 aromatic rings. The van der Waals surface area contributed by atoms with Crippen molar-refractivity contribution in [3.63, 3.8) is 0 Å². The molecule has 0 bridgehead atoms. The van der Waals surface area contributed by atoms with Gasteiger partial charge in [-0.2, -0.15) is 0 Å².